The van der Waals surface area contributed by atoms with E-state index in [1.165, 1.54) is 12.7 Å². The molecule has 2 heterocycles. The molecule has 1 aliphatic rings. The second-order valence-corrected chi connectivity index (χ2v) is 3.37. The third kappa shape index (κ3) is 1.31. The predicted octanol–water partition coefficient (Wildman–Crippen LogP) is 0.691. The molecule has 6 heteroatoms. The van der Waals surface area contributed by atoms with Crippen molar-refractivity contribution >= 4 is 5.97 Å². The molecule has 0 saturated carbocycles. The number of nitrogens with one attached hydrogen (secondary N) is 1. The maximum Gasteiger partial charge on any atom is 0.340 e. The van der Waals surface area contributed by atoms with Crippen LogP contribution in [0.4, 0.5) is 0 Å². The molecule has 1 aromatic heterocycles. The summed E-state index contributed by atoms with van der Waals surface area (Å²) in [5, 5.41) is 7.30. The number of carbonyl (C=O) groups is 1. The Morgan fingerprint density at radius 2 is 2.00 bits per heavy atom. The highest BCUT2D eigenvalue weighted by molar-refractivity contribution is 5.94. The zero-order chi connectivity index (χ0) is 11.0. The van der Waals surface area contributed by atoms with Crippen molar-refractivity contribution in [1.29, 1.82) is 0 Å². The number of ether oxygens (including phenoxy) is 1. The monoisotopic (exact) mass is 216 g/mol. The average Bonchev–Trinajstić information content (AvgIpc) is 2.90. The Morgan fingerprint density at radius 1 is 1.25 bits per heavy atom. The molecule has 6 nitrogen and oxygen atoms in total. The molecule has 3 rings (SSSR count). The summed E-state index contributed by atoms with van der Waals surface area (Å²) in [7, 11) is 0. The quantitative estimate of drug-likeness (QED) is 0.748. The number of benzene rings is 1. The van der Waals surface area contributed by atoms with Crippen molar-refractivity contribution in [3.8, 4) is 0 Å². The van der Waals surface area contributed by atoms with Gasteiger partial charge in [-0.1, -0.05) is 18.2 Å². The van der Waals surface area contributed by atoms with Gasteiger partial charge < -0.3 is 4.74 Å². The summed E-state index contributed by atoms with van der Waals surface area (Å²) in [5.74, 6) is -0.318. The van der Waals surface area contributed by atoms with Crippen molar-refractivity contribution in [2.75, 3.05) is 5.43 Å². The molecule has 0 spiro atoms. The minimum Gasteiger partial charge on any atom is -0.432 e. The van der Waals surface area contributed by atoms with E-state index in [2.05, 4.69) is 15.6 Å². The van der Waals surface area contributed by atoms with E-state index in [1.54, 1.807) is 16.8 Å². The molecule has 0 amide bonds. The molecule has 2 aromatic rings. The fourth-order valence-electron chi connectivity index (χ4n) is 1.64. The van der Waals surface area contributed by atoms with Gasteiger partial charge in [0, 0.05) is 5.56 Å². The molecule has 1 aromatic carbocycles. The number of carbonyl (C=O) groups excluding carboxylic acids is 1. The first kappa shape index (κ1) is 8.90. The van der Waals surface area contributed by atoms with Crippen LogP contribution in [0.5, 0.6) is 0 Å². The second kappa shape index (κ2) is 3.34. The number of fused-ring (bicyclic) bond motifs is 1. The summed E-state index contributed by atoms with van der Waals surface area (Å²) >= 11 is 0. The molecule has 0 bridgehead atoms. The van der Waals surface area contributed by atoms with Crippen LogP contribution in [0, 0.1) is 0 Å². The Morgan fingerprint density at radius 3 is 2.81 bits per heavy atom. The van der Waals surface area contributed by atoms with Crippen LogP contribution in [0.2, 0.25) is 0 Å². The number of hydrogen-bond donors (Lipinski definition) is 1. The highest BCUT2D eigenvalue weighted by Crippen LogP contribution is 2.28. The fraction of sp³-hybridized carbons (Fsp3) is 0.100. The van der Waals surface area contributed by atoms with Gasteiger partial charge in [-0.25, -0.2) is 9.47 Å². The van der Waals surface area contributed by atoms with Crippen LogP contribution in [-0.4, -0.2) is 20.8 Å². The summed E-state index contributed by atoms with van der Waals surface area (Å²) in [5.41, 5.74) is 4.37. The van der Waals surface area contributed by atoms with Crippen LogP contribution in [0.1, 0.15) is 22.1 Å². The molecule has 1 atom stereocenters. The van der Waals surface area contributed by atoms with Crippen molar-refractivity contribution in [2.24, 2.45) is 0 Å². The summed E-state index contributed by atoms with van der Waals surface area (Å²) in [6.07, 6.45) is 2.50. The highest BCUT2D eigenvalue weighted by Gasteiger charge is 2.30. The maximum absolute atomic E-state index is 11.5. The molecule has 1 aliphatic heterocycles. The van der Waals surface area contributed by atoms with E-state index < -0.39 is 6.23 Å². The summed E-state index contributed by atoms with van der Waals surface area (Å²) < 4.78 is 6.72. The fourth-order valence-corrected chi connectivity index (χ4v) is 1.64. The van der Waals surface area contributed by atoms with Crippen molar-refractivity contribution in [2.45, 2.75) is 6.23 Å². The van der Waals surface area contributed by atoms with Gasteiger partial charge in [0.25, 0.3) is 0 Å². The number of hydrogen-bond acceptors (Lipinski definition) is 5. The lowest BCUT2D eigenvalue weighted by atomic mass is 10.1. The van der Waals surface area contributed by atoms with Gasteiger partial charge in [-0.15, -0.1) is 10.2 Å². The van der Waals surface area contributed by atoms with Gasteiger partial charge in [0.15, 0.2) is 0 Å². The molecular weight excluding hydrogens is 208 g/mol. The Bertz CT molecular complexity index is 523. The van der Waals surface area contributed by atoms with E-state index in [-0.39, 0.29) is 5.97 Å². The molecule has 80 valence electrons. The smallest absolute Gasteiger partial charge is 0.340 e. The predicted molar refractivity (Wildman–Crippen MR) is 54.0 cm³/mol. The SMILES string of the molecule is O=C1O[C@@H](Nn2cnnc2)c2ccccc21. The number of cyclic esters (lactones) is 1. The van der Waals surface area contributed by atoms with E-state index in [0.717, 1.165) is 5.56 Å². The summed E-state index contributed by atoms with van der Waals surface area (Å²) in [4.78, 5) is 11.5. The van der Waals surface area contributed by atoms with Crippen molar-refractivity contribution in [3.63, 3.8) is 0 Å². The summed E-state index contributed by atoms with van der Waals surface area (Å²) in [6, 6.07) is 7.26. The Labute approximate surface area is 90.8 Å². The topological polar surface area (TPSA) is 69.0 Å². The highest BCUT2D eigenvalue weighted by atomic mass is 16.6. The van der Waals surface area contributed by atoms with E-state index in [9.17, 15) is 4.79 Å². The first-order valence-electron chi connectivity index (χ1n) is 4.76. The standard InChI is InChI=1S/C10H8N4O2/c15-10-8-4-2-1-3-7(8)9(16-10)13-14-5-11-12-6-14/h1-6,9,13H/t9-/m1/s1. The van der Waals surface area contributed by atoms with Gasteiger partial charge in [0.1, 0.15) is 12.7 Å². The van der Waals surface area contributed by atoms with E-state index in [1.807, 2.05) is 12.1 Å². The largest absolute Gasteiger partial charge is 0.432 e. The Hall–Kier alpha value is -2.37. The van der Waals surface area contributed by atoms with Crippen LogP contribution >= 0.6 is 0 Å². The first-order chi connectivity index (χ1) is 7.84. The third-order valence-corrected chi connectivity index (χ3v) is 2.37. The van der Waals surface area contributed by atoms with Crippen molar-refractivity contribution < 1.29 is 9.53 Å². The molecule has 16 heavy (non-hydrogen) atoms. The molecule has 1 N–H and O–H groups in total. The Kier molecular flexibility index (Phi) is 1.86. The molecule has 0 radical (unpaired) electrons. The van der Waals surface area contributed by atoms with E-state index in [4.69, 9.17) is 4.74 Å². The number of nitrogens with zero attached hydrogens (tertiary/aromatic N) is 3. The van der Waals surface area contributed by atoms with Crippen LogP contribution in [0.15, 0.2) is 36.9 Å². The minimum absolute atomic E-state index is 0.318. The van der Waals surface area contributed by atoms with Gasteiger partial charge >= 0.3 is 5.97 Å². The van der Waals surface area contributed by atoms with Crippen molar-refractivity contribution in [3.05, 3.63) is 48.0 Å². The van der Waals surface area contributed by atoms with E-state index in [0.29, 0.717) is 5.56 Å². The molecule has 0 unspecified atom stereocenters. The lowest BCUT2D eigenvalue weighted by Gasteiger charge is -2.13. The van der Waals surface area contributed by atoms with Crippen LogP contribution in [0.3, 0.4) is 0 Å². The normalized spacial score (nSPS) is 18.0. The van der Waals surface area contributed by atoms with Gasteiger partial charge in [0.05, 0.1) is 5.56 Å². The molecule has 0 saturated heterocycles. The first-order valence-corrected chi connectivity index (χ1v) is 4.76. The maximum atomic E-state index is 11.5. The minimum atomic E-state index is -0.486. The number of aromatic nitrogens is 3. The third-order valence-electron chi connectivity index (χ3n) is 2.37. The van der Waals surface area contributed by atoms with E-state index >= 15 is 0 Å². The molecular formula is C10H8N4O2. The zero-order valence-electron chi connectivity index (χ0n) is 8.20. The average molecular weight is 216 g/mol. The van der Waals surface area contributed by atoms with Crippen LogP contribution in [-0.2, 0) is 4.74 Å². The summed E-state index contributed by atoms with van der Waals surface area (Å²) in [6.45, 7) is 0. The van der Waals surface area contributed by atoms with Gasteiger partial charge in [-0.2, -0.15) is 0 Å². The van der Waals surface area contributed by atoms with Crippen molar-refractivity contribution in [1.82, 2.24) is 14.9 Å². The van der Waals surface area contributed by atoms with Crippen LogP contribution in [0.25, 0.3) is 0 Å². The second-order valence-electron chi connectivity index (χ2n) is 3.37. The number of rotatable bonds is 2. The van der Waals surface area contributed by atoms with Crippen LogP contribution < -0.4 is 5.43 Å². The zero-order valence-corrected chi connectivity index (χ0v) is 8.20. The lowest BCUT2D eigenvalue weighted by molar-refractivity contribution is 0.0414. The Balaban J connectivity index is 1.92. The van der Waals surface area contributed by atoms with Gasteiger partial charge in [-0.05, 0) is 6.07 Å². The van der Waals surface area contributed by atoms with Gasteiger partial charge in [0.2, 0.25) is 6.23 Å². The lowest BCUT2D eigenvalue weighted by Crippen LogP contribution is -2.19. The number of esters is 1. The molecule has 0 aliphatic carbocycles. The van der Waals surface area contributed by atoms with Gasteiger partial charge in [-0.3, -0.25) is 5.43 Å². The molecule has 0 fully saturated rings.